The first-order chi connectivity index (χ1) is 14.0. The zero-order chi connectivity index (χ0) is 21.0. The van der Waals surface area contributed by atoms with Gasteiger partial charge in [0.15, 0.2) is 0 Å². The molecule has 3 aliphatic heterocycles. The molecule has 1 atom stereocenters. The molecule has 1 aromatic heterocycles. The van der Waals surface area contributed by atoms with Crippen molar-refractivity contribution < 1.29 is 15.1 Å². The molecule has 0 aliphatic carbocycles. The van der Waals surface area contributed by atoms with Crippen LogP contribution in [-0.2, 0) is 10.3 Å². The highest BCUT2D eigenvalue weighted by Crippen LogP contribution is 2.49. The van der Waals surface area contributed by atoms with Gasteiger partial charge in [-0.1, -0.05) is 30.0 Å². The minimum Gasteiger partial charge on any atom is -0.386 e. The SMILES string of the molecule is CC.CSN(O)N1CCC(CN2CCC3(CC2)OCC(O)c2cc(Cl)sc23)CC1. The van der Waals surface area contributed by atoms with Gasteiger partial charge in [-0.3, -0.25) is 5.21 Å². The normalized spacial score (nSPS) is 25.7. The lowest BCUT2D eigenvalue weighted by atomic mass is 9.84. The zero-order valence-electron chi connectivity index (χ0n) is 17.6. The highest BCUT2D eigenvalue weighted by Gasteiger charge is 2.44. The first-order valence-electron chi connectivity index (χ1n) is 10.6. The summed E-state index contributed by atoms with van der Waals surface area (Å²) in [5.41, 5.74) is 0.710. The van der Waals surface area contributed by atoms with Crippen LogP contribution in [0.2, 0.25) is 4.34 Å². The molecule has 166 valence electrons. The fourth-order valence-corrected chi connectivity index (χ4v) is 6.48. The minimum absolute atomic E-state index is 0.262. The summed E-state index contributed by atoms with van der Waals surface area (Å²) in [5, 5.41) is 22.0. The predicted octanol–water partition coefficient (Wildman–Crippen LogP) is 4.38. The fraction of sp³-hybridized carbons (Fsp3) is 0.800. The van der Waals surface area contributed by atoms with Gasteiger partial charge in [-0.15, -0.1) is 11.3 Å². The van der Waals surface area contributed by atoms with Crippen LogP contribution in [0.4, 0.5) is 0 Å². The smallest absolute Gasteiger partial charge is 0.105 e. The van der Waals surface area contributed by atoms with Gasteiger partial charge in [0.2, 0.25) is 0 Å². The van der Waals surface area contributed by atoms with Crippen LogP contribution in [0.15, 0.2) is 6.07 Å². The Morgan fingerprint density at radius 1 is 1.28 bits per heavy atom. The number of rotatable bonds is 4. The summed E-state index contributed by atoms with van der Waals surface area (Å²) < 4.78 is 8.18. The molecule has 1 aromatic rings. The highest BCUT2D eigenvalue weighted by atomic mass is 35.5. The number of hydrogen-bond donors (Lipinski definition) is 2. The molecule has 2 fully saturated rings. The summed E-state index contributed by atoms with van der Waals surface area (Å²) in [6.07, 6.45) is 5.48. The Hall–Kier alpha value is 0.1000. The number of piperidine rings is 2. The lowest BCUT2D eigenvalue weighted by Gasteiger charge is -2.45. The van der Waals surface area contributed by atoms with E-state index in [9.17, 15) is 10.3 Å². The monoisotopic (exact) mass is 463 g/mol. The second-order valence-electron chi connectivity index (χ2n) is 7.79. The summed E-state index contributed by atoms with van der Waals surface area (Å²) in [6, 6.07) is 1.91. The van der Waals surface area contributed by atoms with Gasteiger partial charge < -0.3 is 14.7 Å². The summed E-state index contributed by atoms with van der Waals surface area (Å²) in [4.78, 5) is 3.69. The van der Waals surface area contributed by atoms with Crippen molar-refractivity contribution >= 4 is 34.9 Å². The molecule has 2 N–H and O–H groups in total. The quantitative estimate of drug-likeness (QED) is 0.507. The van der Waals surface area contributed by atoms with Crippen LogP contribution < -0.4 is 0 Å². The number of ether oxygens (including phenoxy) is 1. The Morgan fingerprint density at radius 3 is 2.55 bits per heavy atom. The molecular formula is C20H34ClN3O3S2. The molecule has 0 amide bonds. The number of fused-ring (bicyclic) bond motifs is 2. The first-order valence-corrected chi connectivity index (χ1v) is 13.0. The molecule has 9 heteroatoms. The molecule has 4 heterocycles. The maximum absolute atomic E-state index is 10.2. The van der Waals surface area contributed by atoms with E-state index in [1.165, 1.54) is 16.5 Å². The van der Waals surface area contributed by atoms with Crippen molar-refractivity contribution in [2.45, 2.75) is 51.2 Å². The third-order valence-corrected chi connectivity index (χ3v) is 8.22. The van der Waals surface area contributed by atoms with Gasteiger partial charge in [-0.2, -0.15) is 0 Å². The average Bonchev–Trinajstić information content (AvgIpc) is 3.17. The van der Waals surface area contributed by atoms with E-state index in [2.05, 4.69) is 4.90 Å². The van der Waals surface area contributed by atoms with Crippen LogP contribution in [0.3, 0.4) is 0 Å². The molecule has 29 heavy (non-hydrogen) atoms. The van der Waals surface area contributed by atoms with Gasteiger partial charge in [0, 0.05) is 49.4 Å². The van der Waals surface area contributed by atoms with Gasteiger partial charge in [-0.05, 0) is 49.6 Å². The number of likely N-dealkylation sites (tertiary alicyclic amines) is 1. The molecule has 0 aromatic carbocycles. The average molecular weight is 464 g/mol. The van der Waals surface area contributed by atoms with Gasteiger partial charge in [0.1, 0.15) is 11.7 Å². The van der Waals surface area contributed by atoms with E-state index in [1.54, 1.807) is 11.3 Å². The van der Waals surface area contributed by atoms with Crippen LogP contribution >= 0.6 is 34.9 Å². The molecule has 1 unspecified atom stereocenters. The summed E-state index contributed by atoms with van der Waals surface area (Å²) in [7, 11) is 0. The zero-order valence-corrected chi connectivity index (χ0v) is 20.0. The summed E-state index contributed by atoms with van der Waals surface area (Å²) in [6.45, 7) is 9.35. The standard InChI is InChI=1S/C18H28ClN3O3S2.C2H6/c1-26-22(24)21-6-2-13(3-7-21)11-20-8-4-18(5-9-20)17-14(10-16(19)27-17)15(23)12-25-18;1-2/h10,13,15,23-24H,2-9,11-12H2,1H3;1-2H3. The molecule has 0 bridgehead atoms. The maximum Gasteiger partial charge on any atom is 0.105 e. The number of aliphatic hydroxyl groups is 1. The van der Waals surface area contributed by atoms with E-state index in [4.69, 9.17) is 16.3 Å². The van der Waals surface area contributed by atoms with Crippen LogP contribution in [0.25, 0.3) is 0 Å². The number of nitrogens with zero attached hydrogens (tertiary/aromatic N) is 3. The molecule has 0 saturated carbocycles. The second-order valence-corrected chi connectivity index (χ2v) is 10.2. The number of hydrazine groups is 1. The van der Waals surface area contributed by atoms with Crippen molar-refractivity contribution in [3.05, 3.63) is 20.8 Å². The summed E-state index contributed by atoms with van der Waals surface area (Å²) in [5.74, 6) is 0.686. The Balaban J connectivity index is 0.00000117. The third kappa shape index (κ3) is 5.30. The molecule has 3 aliphatic rings. The molecule has 2 saturated heterocycles. The van der Waals surface area contributed by atoms with Crippen LogP contribution in [0, 0.1) is 5.92 Å². The van der Waals surface area contributed by atoms with Crippen molar-refractivity contribution in [2.24, 2.45) is 5.92 Å². The molecule has 0 radical (unpaired) electrons. The van der Waals surface area contributed by atoms with Crippen LogP contribution in [0.5, 0.6) is 0 Å². The Kier molecular flexibility index (Phi) is 8.69. The number of aliphatic hydroxyl groups excluding tert-OH is 1. The molecule has 4 rings (SSSR count). The lowest BCUT2D eigenvalue weighted by molar-refractivity contribution is -0.169. The van der Waals surface area contributed by atoms with E-state index >= 15 is 0 Å². The van der Waals surface area contributed by atoms with Crippen LogP contribution in [0.1, 0.15) is 56.1 Å². The minimum atomic E-state index is -0.551. The Morgan fingerprint density at radius 2 is 1.93 bits per heavy atom. The highest BCUT2D eigenvalue weighted by molar-refractivity contribution is 7.96. The van der Waals surface area contributed by atoms with E-state index in [0.29, 0.717) is 12.5 Å². The van der Waals surface area contributed by atoms with Crippen molar-refractivity contribution in [3.8, 4) is 0 Å². The third-order valence-electron chi connectivity index (χ3n) is 6.20. The largest absolute Gasteiger partial charge is 0.386 e. The Bertz CT molecular complexity index is 647. The van der Waals surface area contributed by atoms with E-state index in [-0.39, 0.29) is 5.60 Å². The first kappa shape index (κ1) is 23.8. The predicted molar refractivity (Wildman–Crippen MR) is 120 cm³/mol. The lowest BCUT2D eigenvalue weighted by Crippen LogP contribution is -2.49. The molecule has 1 spiro atoms. The topological polar surface area (TPSA) is 59.4 Å². The Labute approximate surface area is 187 Å². The number of halogens is 1. The van der Waals surface area contributed by atoms with Crippen LogP contribution in [-0.4, -0.2) is 70.4 Å². The molecule has 6 nitrogen and oxygen atoms in total. The summed E-state index contributed by atoms with van der Waals surface area (Å²) >= 11 is 9.14. The molecular weight excluding hydrogens is 430 g/mol. The van der Waals surface area contributed by atoms with Crippen molar-refractivity contribution in [1.82, 2.24) is 14.5 Å². The van der Waals surface area contributed by atoms with E-state index in [0.717, 1.165) is 73.2 Å². The van der Waals surface area contributed by atoms with Gasteiger partial charge in [-0.25, -0.2) is 5.01 Å². The van der Waals surface area contributed by atoms with Gasteiger partial charge >= 0.3 is 0 Å². The van der Waals surface area contributed by atoms with Crippen molar-refractivity contribution in [2.75, 3.05) is 45.6 Å². The van der Waals surface area contributed by atoms with Gasteiger partial charge in [0.25, 0.3) is 0 Å². The fourth-order valence-electron chi connectivity index (χ4n) is 4.59. The van der Waals surface area contributed by atoms with E-state index in [1.807, 2.05) is 31.2 Å². The number of thiophene rings is 1. The van der Waals surface area contributed by atoms with Crippen molar-refractivity contribution in [3.63, 3.8) is 0 Å². The van der Waals surface area contributed by atoms with Crippen molar-refractivity contribution in [1.29, 1.82) is 0 Å². The van der Waals surface area contributed by atoms with Gasteiger partial charge in [0.05, 0.1) is 10.9 Å². The number of hydrogen-bond acceptors (Lipinski definition) is 8. The second kappa shape index (κ2) is 10.6. The van der Waals surface area contributed by atoms with E-state index < -0.39 is 6.10 Å². The maximum atomic E-state index is 10.2.